The third kappa shape index (κ3) is 5.06. The monoisotopic (exact) mass is 422 g/mol. The third-order valence-electron chi connectivity index (χ3n) is 5.79. The van der Waals surface area contributed by atoms with Gasteiger partial charge in [0.05, 0.1) is 0 Å². The molecule has 6 heteroatoms. The van der Waals surface area contributed by atoms with E-state index in [0.29, 0.717) is 24.6 Å². The highest BCUT2D eigenvalue weighted by Gasteiger charge is 2.49. The molecule has 1 aliphatic rings. The number of rotatable bonds is 5. The van der Waals surface area contributed by atoms with E-state index in [1.807, 2.05) is 33.0 Å². The van der Waals surface area contributed by atoms with Gasteiger partial charge in [-0.2, -0.15) is 0 Å². The number of carbonyl (C=O) groups is 1. The molecule has 1 saturated heterocycles. The van der Waals surface area contributed by atoms with E-state index >= 15 is 0 Å². The second-order valence-corrected chi connectivity index (χ2v) is 10.2. The number of pyridine rings is 1. The van der Waals surface area contributed by atoms with E-state index in [2.05, 4.69) is 50.0 Å². The summed E-state index contributed by atoms with van der Waals surface area (Å²) in [5.41, 5.74) is 9.07. The number of likely N-dealkylation sites (tertiary alicyclic amines) is 1. The van der Waals surface area contributed by atoms with Gasteiger partial charge in [0, 0.05) is 42.4 Å². The number of ether oxygens (including phenoxy) is 1. The van der Waals surface area contributed by atoms with Crippen molar-refractivity contribution < 1.29 is 9.53 Å². The molecule has 166 valence electrons. The summed E-state index contributed by atoms with van der Waals surface area (Å²) in [5.74, 6) is 0.466. The van der Waals surface area contributed by atoms with Crippen molar-refractivity contribution in [2.45, 2.75) is 59.0 Å². The van der Waals surface area contributed by atoms with E-state index in [4.69, 9.17) is 15.9 Å². The maximum absolute atomic E-state index is 12.5. The minimum atomic E-state index is -0.519. The van der Waals surface area contributed by atoms with Crippen molar-refractivity contribution in [3.63, 3.8) is 0 Å². The predicted molar refractivity (Wildman–Crippen MR) is 124 cm³/mol. The van der Waals surface area contributed by atoms with E-state index in [0.717, 1.165) is 5.56 Å². The van der Waals surface area contributed by atoms with Gasteiger partial charge in [0.1, 0.15) is 11.4 Å². The van der Waals surface area contributed by atoms with Crippen LogP contribution < -0.4 is 5.73 Å². The molecular weight excluding hydrogens is 388 g/mol. The molecule has 1 aliphatic heterocycles. The molecule has 1 unspecified atom stereocenters. The molecule has 3 N–H and O–H groups in total. The van der Waals surface area contributed by atoms with E-state index in [1.165, 1.54) is 11.1 Å². The van der Waals surface area contributed by atoms with Crippen LogP contribution in [0.3, 0.4) is 0 Å². The van der Waals surface area contributed by atoms with Crippen LogP contribution in [0.5, 0.6) is 0 Å². The number of amidine groups is 1. The van der Waals surface area contributed by atoms with E-state index in [9.17, 15) is 4.79 Å². The summed E-state index contributed by atoms with van der Waals surface area (Å²) in [7, 11) is 0. The van der Waals surface area contributed by atoms with Crippen LogP contribution in [0.1, 0.15) is 75.6 Å². The Morgan fingerprint density at radius 1 is 1.13 bits per heavy atom. The fourth-order valence-corrected chi connectivity index (χ4v) is 4.30. The van der Waals surface area contributed by atoms with Crippen LogP contribution in [0.2, 0.25) is 0 Å². The fourth-order valence-electron chi connectivity index (χ4n) is 4.30. The van der Waals surface area contributed by atoms with Gasteiger partial charge in [-0.05, 0) is 49.4 Å². The smallest absolute Gasteiger partial charge is 0.410 e. The van der Waals surface area contributed by atoms with Gasteiger partial charge < -0.3 is 15.4 Å². The average molecular weight is 423 g/mol. The number of benzene rings is 1. The molecule has 2 aromatic rings. The van der Waals surface area contributed by atoms with E-state index < -0.39 is 5.60 Å². The second-order valence-electron chi connectivity index (χ2n) is 10.2. The number of aromatic nitrogens is 1. The lowest BCUT2D eigenvalue weighted by atomic mass is 9.65. The summed E-state index contributed by atoms with van der Waals surface area (Å²) in [6, 6.07) is 10.6. The number of hydrogen-bond acceptors (Lipinski definition) is 4. The van der Waals surface area contributed by atoms with Crippen LogP contribution >= 0.6 is 0 Å². The first kappa shape index (κ1) is 22.8. The summed E-state index contributed by atoms with van der Waals surface area (Å²) in [6.45, 7) is 13.4. The fraction of sp³-hybridized carbons (Fsp3) is 0.480. The molecule has 2 heterocycles. The molecule has 6 nitrogen and oxygen atoms in total. The molecule has 3 rings (SSSR count). The molecule has 0 spiro atoms. The number of amides is 1. The van der Waals surface area contributed by atoms with Crippen molar-refractivity contribution in [3.8, 4) is 0 Å². The van der Waals surface area contributed by atoms with Gasteiger partial charge in [0.2, 0.25) is 0 Å². The zero-order valence-corrected chi connectivity index (χ0v) is 19.4. The molecule has 1 fully saturated rings. The normalized spacial score (nSPS) is 16.5. The number of carbonyl (C=O) groups excluding carboxylic acids is 1. The van der Waals surface area contributed by atoms with Crippen molar-refractivity contribution in [1.29, 1.82) is 5.41 Å². The quantitative estimate of drug-likeness (QED) is 0.531. The Bertz CT molecular complexity index is 954. The number of nitrogen functional groups attached to an aromatic ring is 1. The van der Waals surface area contributed by atoms with Crippen LogP contribution in [0.25, 0.3) is 0 Å². The van der Waals surface area contributed by atoms with Gasteiger partial charge in [0.25, 0.3) is 0 Å². The van der Waals surface area contributed by atoms with Crippen molar-refractivity contribution >= 4 is 11.9 Å². The molecule has 0 bridgehead atoms. The molecule has 1 amide bonds. The van der Waals surface area contributed by atoms with Gasteiger partial charge in [-0.25, -0.2) is 4.79 Å². The largest absolute Gasteiger partial charge is 0.444 e. The SMILES string of the molecule is CC(C)c1ccc(C(c2cncc(C(=N)N)c2)C2(C)CN(C(=O)OC(C)(C)C)C2)cc1. The van der Waals surface area contributed by atoms with Gasteiger partial charge in [-0.1, -0.05) is 45.0 Å². The summed E-state index contributed by atoms with van der Waals surface area (Å²) >= 11 is 0. The topological polar surface area (TPSA) is 92.3 Å². The molecular formula is C25H34N4O2. The summed E-state index contributed by atoms with van der Waals surface area (Å²) < 4.78 is 5.55. The maximum atomic E-state index is 12.5. The van der Waals surface area contributed by atoms with Gasteiger partial charge in [-0.15, -0.1) is 0 Å². The Balaban J connectivity index is 1.94. The average Bonchev–Trinajstić information content (AvgIpc) is 2.65. The van der Waals surface area contributed by atoms with Crippen LogP contribution in [0.15, 0.2) is 42.7 Å². The van der Waals surface area contributed by atoms with Crippen molar-refractivity contribution in [3.05, 3.63) is 65.0 Å². The summed E-state index contributed by atoms with van der Waals surface area (Å²) in [4.78, 5) is 18.6. The molecule has 1 aromatic heterocycles. The number of nitrogens with zero attached hydrogens (tertiary/aromatic N) is 2. The highest BCUT2D eigenvalue weighted by atomic mass is 16.6. The van der Waals surface area contributed by atoms with Crippen molar-refractivity contribution in [2.24, 2.45) is 11.1 Å². The highest BCUT2D eigenvalue weighted by molar-refractivity contribution is 5.94. The zero-order chi connectivity index (χ0) is 23.0. The van der Waals surface area contributed by atoms with Gasteiger partial charge in [-0.3, -0.25) is 10.4 Å². The lowest BCUT2D eigenvalue weighted by Crippen LogP contribution is -2.60. The first-order chi connectivity index (χ1) is 14.4. The molecule has 0 saturated carbocycles. The molecule has 0 radical (unpaired) electrons. The Morgan fingerprint density at radius 3 is 2.23 bits per heavy atom. The molecule has 1 aromatic carbocycles. The summed E-state index contributed by atoms with van der Waals surface area (Å²) in [6.07, 6.45) is 3.17. The third-order valence-corrected chi connectivity index (χ3v) is 5.79. The minimum absolute atomic E-state index is 0.00241. The van der Waals surface area contributed by atoms with Crippen molar-refractivity contribution in [2.75, 3.05) is 13.1 Å². The van der Waals surface area contributed by atoms with Crippen LogP contribution in [-0.2, 0) is 4.74 Å². The zero-order valence-electron chi connectivity index (χ0n) is 19.4. The van der Waals surface area contributed by atoms with Crippen LogP contribution in [-0.4, -0.2) is 40.5 Å². The molecule has 31 heavy (non-hydrogen) atoms. The Morgan fingerprint density at radius 2 is 1.71 bits per heavy atom. The lowest BCUT2D eigenvalue weighted by Gasteiger charge is -2.52. The first-order valence-corrected chi connectivity index (χ1v) is 10.8. The van der Waals surface area contributed by atoms with E-state index in [1.54, 1.807) is 11.1 Å². The first-order valence-electron chi connectivity index (χ1n) is 10.8. The van der Waals surface area contributed by atoms with Gasteiger partial charge in [0.15, 0.2) is 0 Å². The molecule has 1 atom stereocenters. The Labute approximate surface area is 185 Å². The molecule has 0 aliphatic carbocycles. The number of nitrogens with two attached hydrogens (primary N) is 1. The number of nitrogens with one attached hydrogen (secondary N) is 1. The number of hydrogen-bond donors (Lipinski definition) is 2. The maximum Gasteiger partial charge on any atom is 0.410 e. The second kappa shape index (κ2) is 8.33. The summed E-state index contributed by atoms with van der Waals surface area (Å²) in [5, 5.41) is 7.81. The standard InChI is InChI=1S/C25H34N4O2/c1-16(2)17-7-9-18(10-8-17)21(19-11-20(22(26)27)13-28-12-19)25(6)14-29(15-25)23(30)31-24(3,4)5/h7-13,16,21H,14-15H2,1-6H3,(H3,26,27). The lowest BCUT2D eigenvalue weighted by molar-refractivity contribution is -0.0334. The Kier molecular flexibility index (Phi) is 6.12. The Hall–Kier alpha value is -2.89. The minimum Gasteiger partial charge on any atom is -0.444 e. The van der Waals surface area contributed by atoms with Crippen molar-refractivity contribution in [1.82, 2.24) is 9.88 Å². The highest BCUT2D eigenvalue weighted by Crippen LogP contribution is 2.47. The van der Waals surface area contributed by atoms with Gasteiger partial charge >= 0.3 is 6.09 Å². The van der Waals surface area contributed by atoms with Crippen LogP contribution in [0.4, 0.5) is 4.79 Å². The van der Waals surface area contributed by atoms with Crippen LogP contribution in [0, 0.1) is 10.8 Å². The van der Waals surface area contributed by atoms with E-state index in [-0.39, 0.29) is 23.3 Å². The predicted octanol–water partition coefficient (Wildman–Crippen LogP) is 4.88.